The quantitative estimate of drug-likeness (QED) is 0.628. The summed E-state index contributed by atoms with van der Waals surface area (Å²) in [7, 11) is 0. The van der Waals surface area contributed by atoms with Gasteiger partial charge in [0.05, 0.1) is 12.2 Å². The van der Waals surface area contributed by atoms with Crippen molar-refractivity contribution in [3.05, 3.63) is 0 Å². The second kappa shape index (κ2) is 4.30. The van der Waals surface area contributed by atoms with Crippen molar-refractivity contribution in [3.63, 3.8) is 0 Å². The molecular formula is C14H26O2. The Morgan fingerprint density at radius 3 is 2.31 bits per heavy atom. The van der Waals surface area contributed by atoms with Gasteiger partial charge in [0.15, 0.2) is 6.29 Å². The predicted octanol–water partition coefficient (Wildman–Crippen LogP) is 3.60. The lowest BCUT2D eigenvalue weighted by Crippen LogP contribution is -2.51. The van der Waals surface area contributed by atoms with Crippen LogP contribution in [0.4, 0.5) is 0 Å². The Hall–Kier alpha value is -0.0800. The van der Waals surface area contributed by atoms with Crippen LogP contribution >= 0.6 is 0 Å². The molecule has 0 aromatic rings. The van der Waals surface area contributed by atoms with E-state index < -0.39 is 0 Å². The lowest BCUT2D eigenvalue weighted by Gasteiger charge is -2.48. The van der Waals surface area contributed by atoms with Gasteiger partial charge in [-0.05, 0) is 25.7 Å². The minimum absolute atomic E-state index is 0.0333. The maximum atomic E-state index is 6.17. The first-order valence-corrected chi connectivity index (χ1v) is 6.69. The highest BCUT2D eigenvalue weighted by Crippen LogP contribution is 2.41. The lowest BCUT2D eigenvalue weighted by molar-refractivity contribution is -0.305. The van der Waals surface area contributed by atoms with Gasteiger partial charge in [-0.1, -0.05) is 34.1 Å². The number of fused-ring (bicyclic) bond motifs is 1. The summed E-state index contributed by atoms with van der Waals surface area (Å²) in [5.74, 6) is 1.43. The van der Waals surface area contributed by atoms with Crippen LogP contribution in [0, 0.1) is 17.3 Å². The molecule has 1 aliphatic carbocycles. The monoisotopic (exact) mass is 226 g/mol. The first kappa shape index (κ1) is 12.4. The lowest BCUT2D eigenvalue weighted by atomic mass is 9.77. The van der Waals surface area contributed by atoms with Crippen LogP contribution in [0.1, 0.15) is 53.9 Å². The van der Waals surface area contributed by atoms with Crippen molar-refractivity contribution in [2.24, 2.45) is 17.3 Å². The third-order valence-electron chi connectivity index (χ3n) is 4.05. The normalized spacial score (nSPS) is 45.2. The van der Waals surface area contributed by atoms with Gasteiger partial charge in [-0.25, -0.2) is 0 Å². The number of hydrogen-bond acceptors (Lipinski definition) is 2. The SMILES string of the molecule is CC1OC(C(C)(C)C)OC2C[C@H](C)CCC12. The first-order valence-electron chi connectivity index (χ1n) is 6.69. The van der Waals surface area contributed by atoms with E-state index in [0.717, 1.165) is 5.92 Å². The first-order chi connectivity index (χ1) is 7.38. The molecule has 0 amide bonds. The zero-order chi connectivity index (χ0) is 11.9. The Morgan fingerprint density at radius 2 is 1.69 bits per heavy atom. The summed E-state index contributed by atoms with van der Waals surface area (Å²) in [6.07, 6.45) is 4.56. The minimum atomic E-state index is -0.0333. The van der Waals surface area contributed by atoms with Crippen molar-refractivity contribution in [2.75, 3.05) is 0 Å². The Labute approximate surface area is 99.7 Å². The van der Waals surface area contributed by atoms with Gasteiger partial charge in [-0.3, -0.25) is 0 Å². The third-order valence-corrected chi connectivity index (χ3v) is 4.05. The Morgan fingerprint density at radius 1 is 1.00 bits per heavy atom. The number of hydrogen-bond donors (Lipinski definition) is 0. The van der Waals surface area contributed by atoms with E-state index in [-0.39, 0.29) is 11.7 Å². The highest BCUT2D eigenvalue weighted by atomic mass is 16.7. The molecule has 2 aliphatic rings. The molecule has 4 unspecified atom stereocenters. The highest BCUT2D eigenvalue weighted by molar-refractivity contribution is 4.88. The van der Waals surface area contributed by atoms with Gasteiger partial charge < -0.3 is 9.47 Å². The molecule has 94 valence electrons. The molecular weight excluding hydrogens is 200 g/mol. The van der Waals surface area contributed by atoms with Gasteiger partial charge in [0.1, 0.15) is 0 Å². The largest absolute Gasteiger partial charge is 0.349 e. The van der Waals surface area contributed by atoms with Crippen molar-refractivity contribution in [2.45, 2.75) is 72.4 Å². The standard InChI is InChI=1S/C14H26O2/c1-9-6-7-11-10(2)15-13(14(3,4)5)16-12(11)8-9/h9-13H,6-8H2,1-5H3/t9-,10?,11?,12?,13?/m1/s1. The van der Waals surface area contributed by atoms with Crippen LogP contribution < -0.4 is 0 Å². The summed E-state index contributed by atoms with van der Waals surface area (Å²) in [4.78, 5) is 0. The van der Waals surface area contributed by atoms with Gasteiger partial charge in [-0.2, -0.15) is 0 Å². The molecule has 2 nitrogen and oxygen atoms in total. The molecule has 1 aliphatic heterocycles. The van der Waals surface area contributed by atoms with Crippen LogP contribution in [0.5, 0.6) is 0 Å². The van der Waals surface area contributed by atoms with Crippen LogP contribution in [0.2, 0.25) is 0 Å². The molecule has 5 atom stereocenters. The maximum absolute atomic E-state index is 6.17. The fraction of sp³-hybridized carbons (Fsp3) is 1.00. The van der Waals surface area contributed by atoms with Crippen molar-refractivity contribution in [3.8, 4) is 0 Å². The van der Waals surface area contributed by atoms with Gasteiger partial charge in [-0.15, -0.1) is 0 Å². The number of ether oxygens (including phenoxy) is 2. The topological polar surface area (TPSA) is 18.5 Å². The van der Waals surface area contributed by atoms with E-state index in [1.165, 1.54) is 19.3 Å². The highest BCUT2D eigenvalue weighted by Gasteiger charge is 2.43. The van der Waals surface area contributed by atoms with Gasteiger partial charge >= 0.3 is 0 Å². The van der Waals surface area contributed by atoms with Gasteiger partial charge in [0, 0.05) is 11.3 Å². The molecule has 2 fully saturated rings. The molecule has 1 saturated carbocycles. The predicted molar refractivity (Wildman–Crippen MR) is 65.2 cm³/mol. The van der Waals surface area contributed by atoms with Gasteiger partial charge in [0.25, 0.3) is 0 Å². The summed E-state index contributed by atoms with van der Waals surface area (Å²) in [5.41, 5.74) is 0.0832. The smallest absolute Gasteiger partial charge is 0.163 e. The van der Waals surface area contributed by atoms with E-state index in [4.69, 9.17) is 9.47 Å². The molecule has 0 bridgehead atoms. The molecule has 0 aromatic heterocycles. The zero-order valence-electron chi connectivity index (χ0n) is 11.3. The summed E-state index contributed by atoms with van der Waals surface area (Å²) < 4.78 is 12.2. The van der Waals surface area contributed by atoms with Crippen molar-refractivity contribution in [1.82, 2.24) is 0 Å². The Kier molecular flexibility index (Phi) is 3.33. The Balaban J connectivity index is 2.06. The molecule has 0 aromatic carbocycles. The summed E-state index contributed by atoms with van der Waals surface area (Å²) in [6.45, 7) is 11.1. The summed E-state index contributed by atoms with van der Waals surface area (Å²) >= 11 is 0. The van der Waals surface area contributed by atoms with E-state index in [1.54, 1.807) is 0 Å². The van der Waals surface area contributed by atoms with Crippen molar-refractivity contribution < 1.29 is 9.47 Å². The second-order valence-electron chi connectivity index (χ2n) is 6.80. The molecule has 1 heterocycles. The zero-order valence-corrected chi connectivity index (χ0v) is 11.3. The van der Waals surface area contributed by atoms with Crippen LogP contribution in [-0.4, -0.2) is 18.5 Å². The molecule has 2 heteroatoms. The van der Waals surface area contributed by atoms with Crippen LogP contribution in [0.25, 0.3) is 0 Å². The summed E-state index contributed by atoms with van der Waals surface area (Å²) in [5, 5.41) is 0. The van der Waals surface area contributed by atoms with E-state index >= 15 is 0 Å². The van der Waals surface area contributed by atoms with Crippen LogP contribution in [-0.2, 0) is 9.47 Å². The molecule has 1 saturated heterocycles. The molecule has 0 radical (unpaired) electrons. The van der Waals surface area contributed by atoms with Crippen molar-refractivity contribution >= 4 is 0 Å². The molecule has 0 N–H and O–H groups in total. The fourth-order valence-corrected chi connectivity index (χ4v) is 2.94. The van der Waals surface area contributed by atoms with E-state index in [0.29, 0.717) is 18.1 Å². The minimum Gasteiger partial charge on any atom is -0.349 e. The van der Waals surface area contributed by atoms with Gasteiger partial charge in [0.2, 0.25) is 0 Å². The average molecular weight is 226 g/mol. The van der Waals surface area contributed by atoms with Crippen molar-refractivity contribution in [1.29, 1.82) is 0 Å². The molecule has 0 spiro atoms. The van der Waals surface area contributed by atoms with Crippen LogP contribution in [0.15, 0.2) is 0 Å². The fourth-order valence-electron chi connectivity index (χ4n) is 2.94. The van der Waals surface area contributed by atoms with Crippen LogP contribution in [0.3, 0.4) is 0 Å². The Bertz CT molecular complexity index is 244. The third kappa shape index (κ3) is 2.43. The van der Waals surface area contributed by atoms with E-state index in [9.17, 15) is 0 Å². The average Bonchev–Trinajstić information content (AvgIpc) is 2.15. The second-order valence-corrected chi connectivity index (χ2v) is 6.80. The maximum Gasteiger partial charge on any atom is 0.163 e. The van der Waals surface area contributed by atoms with E-state index in [2.05, 4.69) is 34.6 Å². The number of rotatable bonds is 0. The molecule has 2 rings (SSSR count). The summed E-state index contributed by atoms with van der Waals surface area (Å²) in [6, 6.07) is 0. The van der Waals surface area contributed by atoms with E-state index in [1.807, 2.05) is 0 Å². The molecule has 16 heavy (non-hydrogen) atoms.